The molecule has 0 bridgehead atoms. The lowest BCUT2D eigenvalue weighted by molar-refractivity contribution is 0.669. The molecule has 0 spiro atoms. The van der Waals surface area contributed by atoms with Crippen LogP contribution >= 0.6 is 22.7 Å². The zero-order chi connectivity index (χ0) is 70.5. The molecule has 0 fully saturated rings. The number of hydrogen-bond acceptors (Lipinski definition) is 9. The maximum atomic E-state index is 6.17. The van der Waals surface area contributed by atoms with Gasteiger partial charge in [0.25, 0.3) is 0 Å². The fourth-order valence-electron chi connectivity index (χ4n) is 15.7. The first-order chi connectivity index (χ1) is 53.0. The molecule has 23 aromatic rings. The lowest BCUT2D eigenvalue weighted by Gasteiger charge is -2.13. The summed E-state index contributed by atoms with van der Waals surface area (Å²) in [6.45, 7) is 0. The second kappa shape index (κ2) is 25.6. The van der Waals surface area contributed by atoms with E-state index in [1.807, 2.05) is 83.3 Å². The maximum Gasteiger partial charge on any atom is 0.161 e. The highest BCUT2D eigenvalue weighted by Gasteiger charge is 2.21. The standard InChI is InChI=1S/2C34H20N2S.C30H18N2O/c1-2-10-22(11-3-1)33-32-24-13-5-4-9-21(24)17-18-29(32)35-34(36-33)26-15-8-12-23-19-28-25-14-6-7-16-30(25)37-31(28)20-27(23)26;1-2-10-22(11-3-1)32-27-18-17-21-9-4-5-13-24(21)33(27)36-34(35-32)26-15-8-12-23-19-29-25-14-6-7-16-30(25)37-31(29)20-28(23)26;1-2-9-19(10-3-1)29-23-13-4-6-15-26(23)31-30(32-29)22-14-8-11-20-17-25-21-12-5-7-16-27(21)33-28(25)18-24(20)22/h2*1-20H;1-18H. The maximum absolute atomic E-state index is 6.17. The molecule has 6 aromatic heterocycles. The molecule has 0 N–H and O–H groups in total. The molecule has 107 heavy (non-hydrogen) atoms. The summed E-state index contributed by atoms with van der Waals surface area (Å²) in [6, 6.07) is 123. The van der Waals surface area contributed by atoms with E-state index in [-0.39, 0.29) is 0 Å². The number of para-hydroxylation sites is 2. The Kier molecular flexibility index (Phi) is 14.8. The van der Waals surface area contributed by atoms with Gasteiger partial charge in [-0.05, 0) is 121 Å². The Morgan fingerprint density at radius 1 is 0.206 bits per heavy atom. The molecule has 0 aliphatic rings. The Labute approximate surface area is 621 Å². The van der Waals surface area contributed by atoms with E-state index in [0.29, 0.717) is 5.82 Å². The summed E-state index contributed by atoms with van der Waals surface area (Å²) in [7, 11) is 0. The van der Waals surface area contributed by atoms with E-state index in [9.17, 15) is 0 Å². The van der Waals surface area contributed by atoms with E-state index in [2.05, 4.69) is 291 Å². The summed E-state index contributed by atoms with van der Waals surface area (Å²) >= 11 is 3.69. The number of hydrogen-bond donors (Lipinski definition) is 0. The van der Waals surface area contributed by atoms with Gasteiger partial charge in [-0.15, -0.1) is 22.7 Å². The minimum absolute atomic E-state index is 0.716. The van der Waals surface area contributed by atoms with Crippen LogP contribution in [0.4, 0.5) is 0 Å². The van der Waals surface area contributed by atoms with Gasteiger partial charge in [-0.25, -0.2) is 29.9 Å². The van der Waals surface area contributed by atoms with Crippen LogP contribution in [0.1, 0.15) is 0 Å². The number of rotatable bonds is 6. The molecular formula is C98H58N6OS2. The monoisotopic (exact) mass is 1400 g/mol. The summed E-state index contributed by atoms with van der Waals surface area (Å²) in [5.74, 6) is 2.23. The van der Waals surface area contributed by atoms with Gasteiger partial charge in [0.2, 0.25) is 0 Å². The van der Waals surface area contributed by atoms with Crippen molar-refractivity contribution in [1.29, 1.82) is 0 Å². The van der Waals surface area contributed by atoms with Crippen LogP contribution in [-0.2, 0) is 0 Å². The van der Waals surface area contributed by atoms with Crippen molar-refractivity contribution in [2.24, 2.45) is 0 Å². The minimum atomic E-state index is 0.716. The van der Waals surface area contributed by atoms with Crippen molar-refractivity contribution < 1.29 is 4.42 Å². The normalized spacial score (nSPS) is 11.7. The highest BCUT2D eigenvalue weighted by Crippen LogP contribution is 2.44. The highest BCUT2D eigenvalue weighted by atomic mass is 32.1. The SMILES string of the molecule is c1ccc(-c2nc(-c3cccc4cc5c(cc34)oc3ccccc35)nc3ccccc23)cc1.c1ccc(-c2nc(-c3cccc4cc5c(cc34)sc3ccccc35)nc3c2ccc2ccccc23)cc1.c1ccc(-c2nc(-c3cccc4cc5c(cc34)sc3ccccc35)nc3ccc4ccccc4c23)cc1. The van der Waals surface area contributed by atoms with Crippen LogP contribution in [0.25, 0.3) is 217 Å². The van der Waals surface area contributed by atoms with Crippen LogP contribution in [0.5, 0.6) is 0 Å². The van der Waals surface area contributed by atoms with E-state index in [0.717, 1.165) is 133 Å². The van der Waals surface area contributed by atoms with Gasteiger partial charge in [0.05, 0.1) is 33.6 Å². The molecule has 0 amide bonds. The highest BCUT2D eigenvalue weighted by molar-refractivity contribution is 7.26. The van der Waals surface area contributed by atoms with Crippen LogP contribution in [0, 0.1) is 0 Å². The topological polar surface area (TPSA) is 90.5 Å². The first-order valence-corrected chi connectivity index (χ1v) is 37.5. The summed E-state index contributed by atoms with van der Waals surface area (Å²) in [5.41, 5.74) is 13.9. The predicted octanol–water partition coefficient (Wildman–Crippen LogP) is 27.3. The van der Waals surface area contributed by atoms with Crippen LogP contribution < -0.4 is 0 Å². The Balaban J connectivity index is 0.000000103. The molecule has 23 rings (SSSR count). The lowest BCUT2D eigenvalue weighted by atomic mass is 9.98. The first-order valence-electron chi connectivity index (χ1n) is 35.9. The second-order valence-electron chi connectivity index (χ2n) is 27.1. The Morgan fingerprint density at radius 2 is 0.626 bits per heavy atom. The van der Waals surface area contributed by atoms with Crippen LogP contribution in [0.3, 0.4) is 0 Å². The van der Waals surface area contributed by atoms with Crippen LogP contribution in [0.15, 0.2) is 356 Å². The fraction of sp³-hybridized carbons (Fsp3) is 0. The van der Waals surface area contributed by atoms with Crippen molar-refractivity contribution >= 4 is 172 Å². The smallest absolute Gasteiger partial charge is 0.161 e. The van der Waals surface area contributed by atoms with E-state index < -0.39 is 0 Å². The number of furan rings is 1. The van der Waals surface area contributed by atoms with Gasteiger partial charge in [0.1, 0.15) is 11.2 Å². The number of benzene rings is 17. The molecule has 0 saturated carbocycles. The molecule has 0 unspecified atom stereocenters. The van der Waals surface area contributed by atoms with E-state index in [1.165, 1.54) is 78.0 Å². The summed E-state index contributed by atoms with van der Waals surface area (Å²) in [4.78, 5) is 30.9. The van der Waals surface area contributed by atoms with E-state index in [1.54, 1.807) is 0 Å². The lowest BCUT2D eigenvalue weighted by Crippen LogP contribution is -1.96. The molecule has 498 valence electrons. The quantitative estimate of drug-likeness (QED) is 0.153. The van der Waals surface area contributed by atoms with E-state index in [4.69, 9.17) is 34.3 Å². The molecule has 0 radical (unpaired) electrons. The van der Waals surface area contributed by atoms with Crippen LogP contribution in [-0.4, -0.2) is 29.9 Å². The van der Waals surface area contributed by atoms with Crippen molar-refractivity contribution in [2.75, 3.05) is 0 Å². The zero-order valence-corrected chi connectivity index (χ0v) is 59.0. The van der Waals surface area contributed by atoms with Crippen molar-refractivity contribution in [3.63, 3.8) is 0 Å². The van der Waals surface area contributed by atoms with Gasteiger partial charge in [0, 0.05) is 106 Å². The minimum Gasteiger partial charge on any atom is -0.456 e. The van der Waals surface area contributed by atoms with Gasteiger partial charge in [-0.2, -0.15) is 0 Å². The van der Waals surface area contributed by atoms with Crippen molar-refractivity contribution in [3.05, 3.63) is 352 Å². The summed E-state index contributed by atoms with van der Waals surface area (Å²) in [5, 5.41) is 22.4. The number of nitrogens with zero attached hydrogens (tertiary/aromatic N) is 6. The first kappa shape index (κ1) is 61.9. The van der Waals surface area contributed by atoms with Crippen molar-refractivity contribution in [3.8, 4) is 67.9 Å². The largest absolute Gasteiger partial charge is 0.456 e. The summed E-state index contributed by atoms with van der Waals surface area (Å²) < 4.78 is 11.4. The number of fused-ring (bicyclic) bond motifs is 19. The average Bonchev–Trinajstić information content (AvgIpc) is 1.55. The zero-order valence-electron chi connectivity index (χ0n) is 57.4. The van der Waals surface area contributed by atoms with Gasteiger partial charge in [0.15, 0.2) is 17.5 Å². The fourth-order valence-corrected chi connectivity index (χ4v) is 18.0. The summed E-state index contributed by atoms with van der Waals surface area (Å²) in [6.07, 6.45) is 0. The van der Waals surface area contributed by atoms with Gasteiger partial charge in [-0.1, -0.05) is 279 Å². The van der Waals surface area contributed by atoms with Gasteiger partial charge >= 0.3 is 0 Å². The average molecular weight is 1400 g/mol. The molecule has 17 aromatic carbocycles. The molecule has 6 heterocycles. The molecule has 0 atom stereocenters. The van der Waals surface area contributed by atoms with Crippen LogP contribution in [0.2, 0.25) is 0 Å². The third kappa shape index (κ3) is 10.8. The van der Waals surface area contributed by atoms with E-state index >= 15 is 0 Å². The third-order valence-corrected chi connectivity index (χ3v) is 23.0. The molecule has 0 saturated heterocycles. The Morgan fingerprint density at radius 3 is 1.22 bits per heavy atom. The Hall–Kier alpha value is -13.7. The number of thiophene rings is 2. The number of aromatic nitrogens is 6. The third-order valence-electron chi connectivity index (χ3n) is 20.8. The predicted molar refractivity (Wildman–Crippen MR) is 452 cm³/mol. The molecule has 0 aliphatic heterocycles. The van der Waals surface area contributed by atoms with Gasteiger partial charge in [-0.3, -0.25) is 0 Å². The Bertz CT molecular complexity index is 7520. The second-order valence-corrected chi connectivity index (χ2v) is 29.3. The molecule has 7 nitrogen and oxygen atoms in total. The molecule has 9 heteroatoms. The molecular weight excluding hydrogens is 1340 g/mol. The van der Waals surface area contributed by atoms with Crippen molar-refractivity contribution in [2.45, 2.75) is 0 Å². The molecule has 0 aliphatic carbocycles. The van der Waals surface area contributed by atoms with Crippen molar-refractivity contribution in [1.82, 2.24) is 29.9 Å². The van der Waals surface area contributed by atoms with Gasteiger partial charge < -0.3 is 4.42 Å².